The van der Waals surface area contributed by atoms with Crippen LogP contribution in [0.1, 0.15) is 36.0 Å². The van der Waals surface area contributed by atoms with Crippen LogP contribution >= 0.6 is 11.6 Å². The third kappa shape index (κ3) is 6.01. The second-order valence-electron chi connectivity index (χ2n) is 6.94. The first-order valence-corrected chi connectivity index (χ1v) is 11.2. The largest absolute Gasteiger partial charge is 0.299 e. The van der Waals surface area contributed by atoms with Crippen LogP contribution in [0.3, 0.4) is 0 Å². The molecule has 146 valence electrons. The fourth-order valence-corrected chi connectivity index (χ4v) is 4.79. The Hall–Kier alpha value is -1.47. The Morgan fingerprint density at radius 2 is 1.74 bits per heavy atom. The van der Waals surface area contributed by atoms with Crippen molar-refractivity contribution in [2.45, 2.75) is 38.1 Å². The topological polar surface area (TPSA) is 49.4 Å². The van der Waals surface area contributed by atoms with Gasteiger partial charge in [0.1, 0.15) is 5.82 Å². The van der Waals surface area contributed by atoms with Crippen molar-refractivity contribution in [3.8, 4) is 0 Å². The molecule has 0 amide bonds. The van der Waals surface area contributed by atoms with E-state index in [9.17, 15) is 12.8 Å². The van der Waals surface area contributed by atoms with Gasteiger partial charge in [-0.15, -0.1) is 0 Å². The van der Waals surface area contributed by atoms with E-state index < -0.39 is 21.6 Å². The molecule has 1 N–H and O–H groups in total. The second kappa shape index (κ2) is 9.15. The van der Waals surface area contributed by atoms with Gasteiger partial charge < -0.3 is 0 Å². The van der Waals surface area contributed by atoms with E-state index in [4.69, 9.17) is 11.6 Å². The van der Waals surface area contributed by atoms with Crippen LogP contribution < -0.4 is 4.72 Å². The number of benzene rings is 2. The summed E-state index contributed by atoms with van der Waals surface area (Å²) in [5, 5.41) is 0.115. The van der Waals surface area contributed by atoms with Gasteiger partial charge >= 0.3 is 0 Å². The number of nitrogens with one attached hydrogen (secondary N) is 1. The van der Waals surface area contributed by atoms with Crippen LogP contribution in [0.5, 0.6) is 0 Å². The Morgan fingerprint density at radius 3 is 2.48 bits per heavy atom. The van der Waals surface area contributed by atoms with Crippen LogP contribution in [0.25, 0.3) is 0 Å². The van der Waals surface area contributed by atoms with Crippen molar-refractivity contribution < 1.29 is 12.8 Å². The SMILES string of the molecule is O=S(=O)(Cc1c(F)cccc1Cl)NCc1cccc(CN2CCCCC2)c1. The molecule has 0 spiro atoms. The molecule has 0 radical (unpaired) electrons. The predicted octanol–water partition coefficient (Wildman–Crippen LogP) is 4.08. The first kappa shape index (κ1) is 20.3. The Morgan fingerprint density at radius 1 is 1.04 bits per heavy atom. The van der Waals surface area contributed by atoms with Gasteiger partial charge in [-0.3, -0.25) is 4.90 Å². The number of hydrogen-bond donors (Lipinski definition) is 1. The minimum atomic E-state index is -3.70. The summed E-state index contributed by atoms with van der Waals surface area (Å²) in [7, 11) is -3.70. The third-order valence-electron chi connectivity index (χ3n) is 4.74. The van der Waals surface area contributed by atoms with Gasteiger partial charge in [0, 0.05) is 23.7 Å². The van der Waals surface area contributed by atoms with Crippen LogP contribution in [0.2, 0.25) is 5.02 Å². The van der Waals surface area contributed by atoms with E-state index in [1.807, 2.05) is 18.2 Å². The van der Waals surface area contributed by atoms with E-state index in [0.29, 0.717) is 0 Å². The monoisotopic (exact) mass is 410 g/mol. The molecule has 0 saturated carbocycles. The first-order valence-electron chi connectivity index (χ1n) is 9.13. The van der Waals surface area contributed by atoms with Crippen molar-refractivity contribution in [2.75, 3.05) is 13.1 Å². The minimum Gasteiger partial charge on any atom is -0.299 e. The van der Waals surface area contributed by atoms with Gasteiger partial charge in [0.15, 0.2) is 0 Å². The highest BCUT2D eigenvalue weighted by atomic mass is 35.5. The molecule has 7 heteroatoms. The summed E-state index contributed by atoms with van der Waals surface area (Å²) in [4.78, 5) is 2.42. The zero-order valence-electron chi connectivity index (χ0n) is 15.1. The Kier molecular flexibility index (Phi) is 6.87. The highest BCUT2D eigenvalue weighted by molar-refractivity contribution is 7.88. The first-order chi connectivity index (χ1) is 12.9. The summed E-state index contributed by atoms with van der Waals surface area (Å²) in [6.45, 7) is 3.27. The average Bonchev–Trinajstić information content (AvgIpc) is 2.65. The van der Waals surface area contributed by atoms with Gasteiger partial charge in [-0.25, -0.2) is 17.5 Å². The normalized spacial score (nSPS) is 15.8. The summed E-state index contributed by atoms with van der Waals surface area (Å²) < 4.78 is 41.1. The summed E-state index contributed by atoms with van der Waals surface area (Å²) in [5.41, 5.74) is 2.05. The van der Waals surface area contributed by atoms with E-state index >= 15 is 0 Å². The van der Waals surface area contributed by atoms with Crippen molar-refractivity contribution in [3.63, 3.8) is 0 Å². The minimum absolute atomic E-state index is 0.00878. The lowest BCUT2D eigenvalue weighted by Gasteiger charge is -2.26. The third-order valence-corrected chi connectivity index (χ3v) is 6.35. The molecule has 3 rings (SSSR count). The number of nitrogens with zero attached hydrogens (tertiary/aromatic N) is 1. The zero-order valence-corrected chi connectivity index (χ0v) is 16.7. The van der Waals surface area contributed by atoms with Crippen molar-refractivity contribution >= 4 is 21.6 Å². The summed E-state index contributed by atoms with van der Waals surface area (Å²) in [6.07, 6.45) is 3.76. The summed E-state index contributed by atoms with van der Waals surface area (Å²) >= 11 is 5.93. The van der Waals surface area contributed by atoms with Gasteiger partial charge in [0.25, 0.3) is 0 Å². The number of piperidine rings is 1. The van der Waals surface area contributed by atoms with E-state index in [0.717, 1.165) is 25.2 Å². The molecule has 0 unspecified atom stereocenters. The maximum atomic E-state index is 13.8. The Labute approximate surface area is 165 Å². The van der Waals surface area contributed by atoms with Crippen molar-refractivity contribution in [3.05, 3.63) is 70.0 Å². The quantitative estimate of drug-likeness (QED) is 0.748. The Balaban J connectivity index is 1.61. The van der Waals surface area contributed by atoms with Crippen LogP contribution in [0, 0.1) is 5.82 Å². The number of hydrogen-bond acceptors (Lipinski definition) is 3. The molecule has 1 heterocycles. The van der Waals surface area contributed by atoms with Crippen molar-refractivity contribution in [1.29, 1.82) is 0 Å². The van der Waals surface area contributed by atoms with Crippen LogP contribution in [-0.2, 0) is 28.9 Å². The molecular formula is C20H24ClFN2O2S. The number of likely N-dealkylation sites (tertiary alicyclic amines) is 1. The zero-order chi connectivity index (χ0) is 19.3. The van der Waals surface area contributed by atoms with Gasteiger partial charge in [-0.05, 0) is 49.2 Å². The Bertz CT molecular complexity index is 863. The molecule has 27 heavy (non-hydrogen) atoms. The summed E-state index contributed by atoms with van der Waals surface area (Å²) in [5.74, 6) is -1.09. The fourth-order valence-electron chi connectivity index (χ4n) is 3.32. The molecule has 1 aliphatic heterocycles. The van der Waals surface area contributed by atoms with Crippen LogP contribution in [0.4, 0.5) is 4.39 Å². The van der Waals surface area contributed by atoms with E-state index in [1.165, 1.54) is 43.0 Å². The second-order valence-corrected chi connectivity index (χ2v) is 9.15. The molecule has 0 aliphatic carbocycles. The van der Waals surface area contributed by atoms with Crippen LogP contribution in [-0.4, -0.2) is 26.4 Å². The van der Waals surface area contributed by atoms with E-state index in [2.05, 4.69) is 15.7 Å². The van der Waals surface area contributed by atoms with Crippen molar-refractivity contribution in [1.82, 2.24) is 9.62 Å². The standard InChI is InChI=1S/C20H24ClFN2O2S/c21-19-8-5-9-20(22)18(19)15-27(25,26)23-13-16-6-4-7-17(12-16)14-24-10-2-1-3-11-24/h4-9,12,23H,1-3,10-11,13-15H2. The number of rotatable bonds is 7. The smallest absolute Gasteiger partial charge is 0.216 e. The average molecular weight is 411 g/mol. The molecule has 4 nitrogen and oxygen atoms in total. The highest BCUT2D eigenvalue weighted by Crippen LogP contribution is 2.21. The molecule has 0 aromatic heterocycles. The van der Waals surface area contributed by atoms with Gasteiger partial charge in [0.05, 0.1) is 5.75 Å². The lowest BCUT2D eigenvalue weighted by atomic mass is 10.1. The van der Waals surface area contributed by atoms with E-state index in [-0.39, 0.29) is 17.1 Å². The maximum Gasteiger partial charge on any atom is 0.216 e. The lowest BCUT2D eigenvalue weighted by molar-refractivity contribution is 0.221. The summed E-state index contributed by atoms with van der Waals surface area (Å²) in [6, 6.07) is 12.1. The predicted molar refractivity (Wildman–Crippen MR) is 106 cm³/mol. The maximum absolute atomic E-state index is 13.8. The lowest BCUT2D eigenvalue weighted by Crippen LogP contribution is -2.29. The molecule has 0 bridgehead atoms. The molecule has 1 saturated heterocycles. The highest BCUT2D eigenvalue weighted by Gasteiger charge is 2.17. The number of halogens is 2. The molecular weight excluding hydrogens is 387 g/mol. The van der Waals surface area contributed by atoms with Gasteiger partial charge in [-0.1, -0.05) is 48.4 Å². The van der Waals surface area contributed by atoms with Gasteiger partial charge in [0.2, 0.25) is 10.0 Å². The van der Waals surface area contributed by atoms with Crippen molar-refractivity contribution in [2.24, 2.45) is 0 Å². The molecule has 2 aromatic carbocycles. The number of sulfonamides is 1. The molecule has 1 aliphatic rings. The molecule has 0 atom stereocenters. The molecule has 2 aromatic rings. The molecule has 1 fully saturated rings. The van der Waals surface area contributed by atoms with Crippen LogP contribution in [0.15, 0.2) is 42.5 Å². The van der Waals surface area contributed by atoms with E-state index in [1.54, 1.807) is 0 Å². The fraction of sp³-hybridized carbons (Fsp3) is 0.400. The van der Waals surface area contributed by atoms with Gasteiger partial charge in [-0.2, -0.15) is 0 Å².